The normalized spacial score (nSPS) is 12.5. The lowest BCUT2D eigenvalue weighted by Gasteiger charge is -2.22. The molecule has 3 nitrogen and oxygen atoms in total. The molecule has 0 amide bonds. The maximum absolute atomic E-state index is 10.4. The molecule has 0 radical (unpaired) electrons. The van der Waals surface area contributed by atoms with Crippen molar-refractivity contribution in [1.82, 2.24) is 0 Å². The predicted octanol–water partition coefficient (Wildman–Crippen LogP) is 6.09. The first-order valence-corrected chi connectivity index (χ1v) is 12.3. The van der Waals surface area contributed by atoms with Crippen LogP contribution in [-0.4, -0.2) is 17.2 Å². The second-order valence-corrected chi connectivity index (χ2v) is 9.50. The summed E-state index contributed by atoms with van der Waals surface area (Å²) in [7, 11) is -1.64. The van der Waals surface area contributed by atoms with Crippen molar-refractivity contribution in [3.63, 3.8) is 0 Å². The number of hydrogen-bond donors (Lipinski definition) is 2. The summed E-state index contributed by atoms with van der Waals surface area (Å²) in [5.74, 6) is 0. The van der Waals surface area contributed by atoms with Gasteiger partial charge in [0.15, 0.2) is 0 Å². The van der Waals surface area contributed by atoms with Gasteiger partial charge < -0.3 is 14.5 Å². The van der Waals surface area contributed by atoms with Crippen LogP contribution in [0.25, 0.3) is 44.2 Å². The van der Waals surface area contributed by atoms with Crippen molar-refractivity contribution in [3.8, 4) is 22.3 Å². The van der Waals surface area contributed by atoms with Gasteiger partial charge in [0.2, 0.25) is 0 Å². The lowest BCUT2D eigenvalue weighted by atomic mass is 9.74. The molecule has 7 rings (SSSR count). The molecule has 0 atom stereocenters. The van der Waals surface area contributed by atoms with Gasteiger partial charge in [-0.1, -0.05) is 97.1 Å². The third-order valence-electron chi connectivity index (χ3n) is 7.41. The van der Waals surface area contributed by atoms with E-state index in [2.05, 4.69) is 78.9 Å². The van der Waals surface area contributed by atoms with Crippen LogP contribution >= 0.6 is 0 Å². The van der Waals surface area contributed by atoms with Gasteiger partial charge in [-0.2, -0.15) is 0 Å². The summed E-state index contributed by atoms with van der Waals surface area (Å²) in [6.45, 7) is 0. The van der Waals surface area contributed by atoms with E-state index in [4.69, 9.17) is 4.42 Å². The van der Waals surface area contributed by atoms with Gasteiger partial charge in [0.1, 0.15) is 11.2 Å². The van der Waals surface area contributed by atoms with E-state index in [0.29, 0.717) is 17.5 Å². The molecule has 1 aromatic heterocycles. The molecule has 2 N–H and O–H groups in total. The van der Waals surface area contributed by atoms with E-state index in [0.717, 1.165) is 39.5 Å². The van der Waals surface area contributed by atoms with Crippen molar-refractivity contribution >= 4 is 34.5 Å². The number of furan rings is 1. The summed E-state index contributed by atoms with van der Waals surface area (Å²) >= 11 is 0. The Bertz CT molecular complexity index is 1780. The highest BCUT2D eigenvalue weighted by Crippen LogP contribution is 2.43. The number of hydrogen-bond acceptors (Lipinski definition) is 3. The quantitative estimate of drug-likeness (QED) is 0.288. The van der Waals surface area contributed by atoms with Gasteiger partial charge in [0.05, 0.1) is 0 Å². The molecule has 1 heterocycles. The minimum Gasteiger partial charge on any atom is -0.456 e. The molecule has 0 spiro atoms. The molecule has 5 aromatic carbocycles. The Labute approximate surface area is 209 Å². The third kappa shape index (κ3) is 3.23. The van der Waals surface area contributed by atoms with Gasteiger partial charge >= 0.3 is 7.12 Å². The Kier molecular flexibility index (Phi) is 4.85. The van der Waals surface area contributed by atoms with Crippen LogP contribution in [0.5, 0.6) is 0 Å². The van der Waals surface area contributed by atoms with E-state index < -0.39 is 7.12 Å². The Morgan fingerprint density at radius 1 is 0.583 bits per heavy atom. The van der Waals surface area contributed by atoms with Gasteiger partial charge in [0, 0.05) is 16.2 Å². The lowest BCUT2D eigenvalue weighted by Crippen LogP contribution is -2.31. The predicted molar refractivity (Wildman–Crippen MR) is 146 cm³/mol. The van der Waals surface area contributed by atoms with Crippen LogP contribution in [0.2, 0.25) is 0 Å². The Hall–Kier alpha value is -4.12. The van der Waals surface area contributed by atoms with Crippen molar-refractivity contribution in [3.05, 3.63) is 125 Å². The number of rotatable bonds is 1. The molecule has 0 bridgehead atoms. The average molecular weight is 466 g/mol. The van der Waals surface area contributed by atoms with Crippen LogP contribution in [0.4, 0.5) is 0 Å². The second kappa shape index (κ2) is 8.23. The molecule has 0 aliphatic heterocycles. The second-order valence-electron chi connectivity index (χ2n) is 9.50. The molecule has 0 fully saturated rings. The molecule has 1 aliphatic rings. The zero-order valence-corrected chi connectivity index (χ0v) is 19.6. The molecule has 1 aliphatic carbocycles. The topological polar surface area (TPSA) is 53.6 Å². The Morgan fingerprint density at radius 3 is 1.78 bits per heavy atom. The Balaban J connectivity index is 1.66. The fraction of sp³-hybridized carbons (Fsp3) is 0.0625. The van der Waals surface area contributed by atoms with Crippen LogP contribution in [0, 0.1) is 0 Å². The summed E-state index contributed by atoms with van der Waals surface area (Å²) in [4.78, 5) is 0. The maximum atomic E-state index is 10.4. The van der Waals surface area contributed by atoms with Crippen molar-refractivity contribution in [2.75, 3.05) is 0 Å². The van der Waals surface area contributed by atoms with Crippen LogP contribution in [0.1, 0.15) is 22.3 Å². The van der Waals surface area contributed by atoms with E-state index in [1.54, 1.807) is 0 Å². The fourth-order valence-electron chi connectivity index (χ4n) is 5.82. The lowest BCUT2D eigenvalue weighted by molar-refractivity contribution is 0.425. The summed E-state index contributed by atoms with van der Waals surface area (Å²) in [5, 5.41) is 22.7. The number of fused-ring (bicyclic) bond motifs is 10. The van der Waals surface area contributed by atoms with E-state index >= 15 is 0 Å². The van der Waals surface area contributed by atoms with Crippen LogP contribution in [0.15, 0.2) is 108 Å². The van der Waals surface area contributed by atoms with Crippen LogP contribution in [-0.2, 0) is 12.8 Å². The zero-order chi connectivity index (χ0) is 24.2. The molecule has 0 saturated heterocycles. The fourth-order valence-corrected chi connectivity index (χ4v) is 5.82. The van der Waals surface area contributed by atoms with Crippen molar-refractivity contribution in [2.24, 2.45) is 0 Å². The minimum atomic E-state index is -1.64. The van der Waals surface area contributed by atoms with E-state index in [1.165, 1.54) is 27.8 Å². The molecular formula is C32H23BO3. The standard InChI is InChI=1S/C32H23BO3/c34-33(35)28-19-23-18-21-10-2-5-13-25(21)24-12-4-1-9-20(24)17-22-11-3-6-14-26(22)30(23)31-27-15-7-8-16-29(27)36-32(28)31/h1-16,19,34-35H,17-18H2. The summed E-state index contributed by atoms with van der Waals surface area (Å²) < 4.78 is 6.26. The largest absolute Gasteiger partial charge is 0.492 e. The van der Waals surface area contributed by atoms with Gasteiger partial charge in [-0.05, 0) is 63.4 Å². The van der Waals surface area contributed by atoms with Gasteiger partial charge in [-0.3, -0.25) is 0 Å². The van der Waals surface area contributed by atoms with E-state index in [9.17, 15) is 10.0 Å². The van der Waals surface area contributed by atoms with Gasteiger partial charge in [0.25, 0.3) is 0 Å². The van der Waals surface area contributed by atoms with Crippen molar-refractivity contribution in [1.29, 1.82) is 0 Å². The smallest absolute Gasteiger partial charge is 0.456 e. The Morgan fingerprint density at radius 2 is 1.11 bits per heavy atom. The highest BCUT2D eigenvalue weighted by Gasteiger charge is 2.27. The van der Waals surface area contributed by atoms with E-state index in [-0.39, 0.29) is 0 Å². The number of para-hydroxylation sites is 1. The SMILES string of the molecule is OB(O)c1cc2c(c3c1oc1ccccc13)-c1ccccc1Cc1ccccc1-c1ccccc1C2. The first-order valence-electron chi connectivity index (χ1n) is 12.3. The molecule has 0 saturated carbocycles. The van der Waals surface area contributed by atoms with Crippen molar-refractivity contribution in [2.45, 2.75) is 12.8 Å². The highest BCUT2D eigenvalue weighted by molar-refractivity contribution is 6.62. The molecule has 4 heteroatoms. The third-order valence-corrected chi connectivity index (χ3v) is 7.41. The van der Waals surface area contributed by atoms with Crippen LogP contribution < -0.4 is 5.46 Å². The van der Waals surface area contributed by atoms with E-state index in [1.807, 2.05) is 24.3 Å². The molecule has 0 unspecified atom stereocenters. The monoisotopic (exact) mass is 466 g/mol. The zero-order valence-electron chi connectivity index (χ0n) is 19.6. The van der Waals surface area contributed by atoms with Crippen LogP contribution in [0.3, 0.4) is 0 Å². The molecule has 6 aromatic rings. The molecular weight excluding hydrogens is 443 g/mol. The summed E-state index contributed by atoms with van der Waals surface area (Å²) in [5.41, 5.74) is 11.1. The highest BCUT2D eigenvalue weighted by atomic mass is 16.4. The maximum Gasteiger partial charge on any atom is 0.492 e. The van der Waals surface area contributed by atoms with Gasteiger partial charge in [-0.15, -0.1) is 0 Å². The summed E-state index contributed by atoms with van der Waals surface area (Å²) in [6.07, 6.45) is 1.45. The molecule has 36 heavy (non-hydrogen) atoms. The first-order chi connectivity index (χ1) is 17.7. The minimum absolute atomic E-state index is 0.396. The first kappa shape index (κ1) is 21.2. The average Bonchev–Trinajstić information content (AvgIpc) is 3.29. The summed E-state index contributed by atoms with van der Waals surface area (Å²) in [6, 6.07) is 35.6. The van der Waals surface area contributed by atoms with Crippen molar-refractivity contribution < 1.29 is 14.5 Å². The molecule has 172 valence electrons. The van der Waals surface area contributed by atoms with Gasteiger partial charge in [-0.25, -0.2) is 0 Å². The number of benzene rings is 5.